The third kappa shape index (κ3) is 8.81. The van der Waals surface area contributed by atoms with Crippen LogP contribution >= 0.6 is 0 Å². The SMILES string of the molecule is CCOC(=O)c1cc2ccccc2nc1OCCNC(=O)c1cc2ccccc2cc1OCCCNC(=O)OC(C)(C)C. The molecule has 1 heterocycles. The van der Waals surface area contributed by atoms with Crippen molar-refractivity contribution >= 4 is 39.6 Å². The number of hydrogen-bond acceptors (Lipinski definition) is 8. The van der Waals surface area contributed by atoms with Crippen LogP contribution in [0.25, 0.3) is 21.7 Å². The van der Waals surface area contributed by atoms with Gasteiger partial charge in [0.2, 0.25) is 5.88 Å². The van der Waals surface area contributed by atoms with Crippen LogP contribution < -0.4 is 20.1 Å². The molecule has 0 bridgehead atoms. The fourth-order valence-corrected chi connectivity index (χ4v) is 4.25. The Hall–Kier alpha value is -4.86. The van der Waals surface area contributed by atoms with Crippen LogP contribution in [0.2, 0.25) is 0 Å². The van der Waals surface area contributed by atoms with Gasteiger partial charge in [-0.05, 0) is 69.2 Å². The Balaban J connectivity index is 1.38. The van der Waals surface area contributed by atoms with E-state index >= 15 is 0 Å². The molecule has 0 spiro atoms. The van der Waals surface area contributed by atoms with E-state index in [-0.39, 0.29) is 43.7 Å². The number of esters is 1. The number of carbonyl (C=O) groups excluding carboxylic acids is 3. The zero-order valence-electron chi connectivity index (χ0n) is 24.9. The minimum Gasteiger partial charge on any atom is -0.493 e. The number of nitrogens with zero attached hydrogens (tertiary/aromatic N) is 1. The fraction of sp³-hybridized carbons (Fsp3) is 0.333. The van der Waals surface area contributed by atoms with E-state index in [2.05, 4.69) is 15.6 Å². The van der Waals surface area contributed by atoms with Gasteiger partial charge in [-0.3, -0.25) is 4.79 Å². The number of ether oxygens (including phenoxy) is 4. The molecule has 0 saturated heterocycles. The van der Waals surface area contributed by atoms with Crippen LogP contribution in [0.1, 0.15) is 54.8 Å². The maximum atomic E-state index is 13.3. The summed E-state index contributed by atoms with van der Waals surface area (Å²) in [6.07, 6.45) is 0.0245. The zero-order chi connectivity index (χ0) is 30.8. The molecule has 10 heteroatoms. The molecular formula is C33H37N3O7. The lowest BCUT2D eigenvalue weighted by Crippen LogP contribution is -2.33. The molecule has 0 fully saturated rings. The number of amides is 2. The van der Waals surface area contributed by atoms with Crippen LogP contribution in [0, 0.1) is 0 Å². The number of carbonyl (C=O) groups is 3. The third-order valence-electron chi connectivity index (χ3n) is 6.15. The minimum atomic E-state index is -0.575. The zero-order valence-corrected chi connectivity index (χ0v) is 24.9. The summed E-state index contributed by atoms with van der Waals surface area (Å²) in [6, 6.07) is 20.4. The quantitative estimate of drug-likeness (QED) is 0.161. The van der Waals surface area contributed by atoms with Gasteiger partial charge in [-0.1, -0.05) is 42.5 Å². The van der Waals surface area contributed by atoms with E-state index in [4.69, 9.17) is 18.9 Å². The molecule has 2 amide bonds. The van der Waals surface area contributed by atoms with Crippen LogP contribution in [0.4, 0.5) is 4.79 Å². The highest BCUT2D eigenvalue weighted by Gasteiger charge is 2.19. The second-order valence-corrected chi connectivity index (χ2v) is 10.7. The van der Waals surface area contributed by atoms with Crippen LogP contribution in [0.15, 0.2) is 66.7 Å². The Morgan fingerprint density at radius 1 is 0.791 bits per heavy atom. The molecule has 226 valence electrons. The van der Waals surface area contributed by atoms with Gasteiger partial charge in [0.25, 0.3) is 5.91 Å². The van der Waals surface area contributed by atoms with Crippen LogP contribution in [-0.4, -0.2) is 61.5 Å². The summed E-state index contributed by atoms with van der Waals surface area (Å²) in [6.45, 7) is 8.22. The van der Waals surface area contributed by atoms with Crippen molar-refractivity contribution in [3.8, 4) is 11.6 Å². The number of pyridine rings is 1. The molecule has 1 aromatic heterocycles. The molecule has 4 aromatic rings. The predicted molar refractivity (Wildman–Crippen MR) is 164 cm³/mol. The molecule has 10 nitrogen and oxygen atoms in total. The van der Waals surface area contributed by atoms with Gasteiger partial charge in [0.1, 0.15) is 23.5 Å². The summed E-state index contributed by atoms with van der Waals surface area (Å²) >= 11 is 0. The summed E-state index contributed by atoms with van der Waals surface area (Å²) in [5, 5.41) is 8.17. The molecule has 0 aliphatic heterocycles. The van der Waals surface area contributed by atoms with Crippen molar-refractivity contribution in [2.75, 3.05) is 32.9 Å². The number of fused-ring (bicyclic) bond motifs is 2. The van der Waals surface area contributed by atoms with Crippen molar-refractivity contribution in [3.63, 3.8) is 0 Å². The van der Waals surface area contributed by atoms with E-state index in [1.807, 2.05) is 54.6 Å². The molecule has 0 radical (unpaired) electrons. The molecule has 0 saturated carbocycles. The first-order chi connectivity index (χ1) is 20.6. The smallest absolute Gasteiger partial charge is 0.407 e. The number of nitrogens with one attached hydrogen (secondary N) is 2. The van der Waals surface area contributed by atoms with Gasteiger partial charge in [-0.25, -0.2) is 14.6 Å². The van der Waals surface area contributed by atoms with Gasteiger partial charge in [0.15, 0.2) is 0 Å². The van der Waals surface area contributed by atoms with E-state index in [1.54, 1.807) is 39.8 Å². The first kappa shape index (κ1) is 31.1. The highest BCUT2D eigenvalue weighted by atomic mass is 16.6. The second-order valence-electron chi connectivity index (χ2n) is 10.7. The van der Waals surface area contributed by atoms with Crippen LogP contribution in [-0.2, 0) is 9.47 Å². The molecule has 43 heavy (non-hydrogen) atoms. The molecule has 4 rings (SSSR count). The van der Waals surface area contributed by atoms with Gasteiger partial charge in [0, 0.05) is 11.9 Å². The number of alkyl carbamates (subject to hydrolysis) is 1. The number of hydrogen-bond donors (Lipinski definition) is 2. The van der Waals surface area contributed by atoms with Crippen LogP contribution in [0.3, 0.4) is 0 Å². The second kappa shape index (κ2) is 14.4. The number of para-hydroxylation sites is 1. The lowest BCUT2D eigenvalue weighted by Gasteiger charge is -2.19. The molecule has 2 N–H and O–H groups in total. The monoisotopic (exact) mass is 587 g/mol. The van der Waals surface area contributed by atoms with E-state index < -0.39 is 17.7 Å². The lowest BCUT2D eigenvalue weighted by atomic mass is 10.1. The number of aromatic nitrogens is 1. The highest BCUT2D eigenvalue weighted by Crippen LogP contribution is 2.27. The largest absolute Gasteiger partial charge is 0.493 e. The van der Waals surface area contributed by atoms with Gasteiger partial charge in [-0.15, -0.1) is 0 Å². The Labute approximate surface area is 250 Å². The Bertz CT molecular complexity index is 1600. The summed E-state index contributed by atoms with van der Waals surface area (Å²) in [5.74, 6) is -0.302. The van der Waals surface area contributed by atoms with Crippen molar-refractivity contribution in [1.82, 2.24) is 15.6 Å². The summed E-state index contributed by atoms with van der Waals surface area (Å²) < 4.78 is 22.2. The van der Waals surface area contributed by atoms with Gasteiger partial charge in [0.05, 0.1) is 30.8 Å². The first-order valence-corrected chi connectivity index (χ1v) is 14.2. The van der Waals surface area contributed by atoms with Crippen molar-refractivity contribution < 1.29 is 33.3 Å². The summed E-state index contributed by atoms with van der Waals surface area (Å²) in [7, 11) is 0. The predicted octanol–water partition coefficient (Wildman–Crippen LogP) is 5.67. The van der Waals surface area contributed by atoms with E-state index in [9.17, 15) is 14.4 Å². The number of benzene rings is 3. The van der Waals surface area contributed by atoms with Crippen molar-refractivity contribution in [3.05, 3.63) is 77.9 Å². The van der Waals surface area contributed by atoms with Gasteiger partial charge >= 0.3 is 12.1 Å². The molecular weight excluding hydrogens is 550 g/mol. The summed E-state index contributed by atoms with van der Waals surface area (Å²) in [5.41, 5.74) is 0.690. The van der Waals surface area contributed by atoms with E-state index in [0.717, 1.165) is 16.2 Å². The average molecular weight is 588 g/mol. The molecule has 0 atom stereocenters. The molecule has 0 aliphatic rings. The van der Waals surface area contributed by atoms with Crippen molar-refractivity contribution in [2.45, 2.75) is 39.7 Å². The minimum absolute atomic E-state index is 0.0730. The Kier molecular flexibility index (Phi) is 10.4. The lowest BCUT2D eigenvalue weighted by molar-refractivity contribution is 0.0512. The fourth-order valence-electron chi connectivity index (χ4n) is 4.25. The van der Waals surface area contributed by atoms with Gasteiger partial charge < -0.3 is 29.6 Å². The van der Waals surface area contributed by atoms with E-state index in [0.29, 0.717) is 29.8 Å². The maximum absolute atomic E-state index is 13.3. The standard InChI is InChI=1S/C33H37N3O7/c1-5-40-31(38)26-20-24-13-8-9-14-27(24)36-30(26)42-18-16-34-29(37)25-19-22-11-6-7-12-23(22)21-28(25)41-17-10-15-35-32(39)43-33(2,3)4/h6-9,11-14,19-21H,5,10,15-18H2,1-4H3,(H,34,37)(H,35,39). The van der Waals surface area contributed by atoms with Gasteiger partial charge in [-0.2, -0.15) is 0 Å². The number of rotatable bonds is 12. The van der Waals surface area contributed by atoms with Crippen LogP contribution in [0.5, 0.6) is 11.6 Å². The highest BCUT2D eigenvalue weighted by molar-refractivity contribution is 6.01. The van der Waals surface area contributed by atoms with Crippen molar-refractivity contribution in [2.24, 2.45) is 0 Å². The van der Waals surface area contributed by atoms with E-state index in [1.165, 1.54) is 0 Å². The Morgan fingerprint density at radius 3 is 2.19 bits per heavy atom. The molecule has 0 unspecified atom stereocenters. The molecule has 3 aromatic carbocycles. The maximum Gasteiger partial charge on any atom is 0.407 e. The van der Waals surface area contributed by atoms with Crippen molar-refractivity contribution in [1.29, 1.82) is 0 Å². The Morgan fingerprint density at radius 2 is 1.47 bits per heavy atom. The topological polar surface area (TPSA) is 125 Å². The molecule has 0 aliphatic carbocycles. The third-order valence-corrected chi connectivity index (χ3v) is 6.15. The average Bonchev–Trinajstić information content (AvgIpc) is 2.97. The normalized spacial score (nSPS) is 11.2. The summed E-state index contributed by atoms with van der Waals surface area (Å²) in [4.78, 5) is 42.2. The first-order valence-electron chi connectivity index (χ1n) is 14.2.